The molecule has 0 unspecified atom stereocenters. The van der Waals surface area contributed by atoms with Crippen molar-refractivity contribution in [3.8, 4) is 5.75 Å². The molecule has 8 heteroatoms. The largest absolute Gasteiger partial charge is 0.484 e. The third kappa shape index (κ3) is 5.78. The third-order valence-electron chi connectivity index (χ3n) is 7.51. The molecule has 2 aliphatic carbocycles. The fraction of sp³-hybridized carbons (Fsp3) is 0.387. The first-order valence-electron chi connectivity index (χ1n) is 13.1. The number of benzene rings is 2. The molecule has 2 aromatic rings. The minimum absolute atomic E-state index is 0.0854. The van der Waals surface area contributed by atoms with Crippen LogP contribution in [-0.4, -0.2) is 24.1 Å². The number of rotatable bonds is 5. The van der Waals surface area contributed by atoms with Crippen LogP contribution in [-0.2, 0) is 14.4 Å². The van der Waals surface area contributed by atoms with Gasteiger partial charge in [-0.25, -0.2) is 0 Å². The van der Waals surface area contributed by atoms with Crippen LogP contribution in [0.5, 0.6) is 5.75 Å². The van der Waals surface area contributed by atoms with Crippen molar-refractivity contribution in [2.75, 3.05) is 11.9 Å². The summed E-state index contributed by atoms with van der Waals surface area (Å²) in [4.78, 5) is 39.3. The standard InChI is InChI=1S/C31H32Cl2N2O4/c1-30(2)12-22-28(24(36)14-30)27(29-23(35-22)13-31(3,4)15-25(29)37)17-5-8-19(9-6-17)39-16-26(38)34-18-7-10-20(32)21(33)11-18/h5-11,27,35H,12-16H2,1-4H3,(H,34,38). The predicted octanol–water partition coefficient (Wildman–Crippen LogP) is 6.98. The number of hydrogen-bond acceptors (Lipinski definition) is 5. The Morgan fingerprint density at radius 1 is 0.872 bits per heavy atom. The van der Waals surface area contributed by atoms with Gasteiger partial charge in [0.15, 0.2) is 18.2 Å². The van der Waals surface area contributed by atoms with E-state index in [-0.39, 0.29) is 34.9 Å². The fourth-order valence-electron chi connectivity index (χ4n) is 5.90. The molecular weight excluding hydrogens is 535 g/mol. The van der Waals surface area contributed by atoms with Gasteiger partial charge in [0.1, 0.15) is 5.75 Å². The van der Waals surface area contributed by atoms with Gasteiger partial charge in [0.2, 0.25) is 0 Å². The molecule has 0 radical (unpaired) electrons. The van der Waals surface area contributed by atoms with E-state index in [1.165, 1.54) is 0 Å². The summed E-state index contributed by atoms with van der Waals surface area (Å²) in [5.74, 6) is -0.0706. The number of ketones is 2. The van der Waals surface area contributed by atoms with E-state index in [1.54, 1.807) is 30.3 Å². The maximum absolute atomic E-state index is 13.5. The Labute approximate surface area is 238 Å². The zero-order valence-electron chi connectivity index (χ0n) is 22.5. The van der Waals surface area contributed by atoms with Crippen molar-refractivity contribution in [2.24, 2.45) is 10.8 Å². The van der Waals surface area contributed by atoms with Gasteiger partial charge in [-0.2, -0.15) is 0 Å². The van der Waals surface area contributed by atoms with Crippen molar-refractivity contribution in [3.63, 3.8) is 0 Å². The summed E-state index contributed by atoms with van der Waals surface area (Å²) in [5, 5.41) is 7.01. The molecule has 6 nitrogen and oxygen atoms in total. The van der Waals surface area contributed by atoms with Gasteiger partial charge in [-0.15, -0.1) is 0 Å². The van der Waals surface area contributed by atoms with Crippen molar-refractivity contribution in [1.29, 1.82) is 0 Å². The molecule has 3 aliphatic rings. The van der Waals surface area contributed by atoms with Crippen LogP contribution in [0.4, 0.5) is 5.69 Å². The van der Waals surface area contributed by atoms with Crippen LogP contribution in [0.3, 0.4) is 0 Å². The molecule has 0 atom stereocenters. The van der Waals surface area contributed by atoms with Crippen LogP contribution in [0.25, 0.3) is 0 Å². The van der Waals surface area contributed by atoms with Crippen LogP contribution in [0.1, 0.15) is 64.9 Å². The SMILES string of the molecule is CC1(C)CC(=O)C2=C(C1)NC1=C(C(=O)CC(C)(C)C1)C2c1ccc(OCC(=O)Nc2ccc(Cl)c(Cl)c2)cc1. The first-order chi connectivity index (χ1) is 18.3. The number of carbonyl (C=O) groups is 3. The average molecular weight is 568 g/mol. The molecule has 0 bridgehead atoms. The van der Waals surface area contributed by atoms with E-state index in [2.05, 4.69) is 38.3 Å². The Morgan fingerprint density at radius 3 is 1.97 bits per heavy atom. The van der Waals surface area contributed by atoms with Gasteiger partial charge in [0.05, 0.1) is 10.0 Å². The highest BCUT2D eigenvalue weighted by Crippen LogP contribution is 2.51. The summed E-state index contributed by atoms with van der Waals surface area (Å²) in [5.41, 5.74) is 4.38. The monoisotopic (exact) mass is 566 g/mol. The lowest BCUT2D eigenvalue weighted by molar-refractivity contribution is -0.119. The van der Waals surface area contributed by atoms with Crippen molar-refractivity contribution >= 4 is 46.4 Å². The first-order valence-corrected chi connectivity index (χ1v) is 13.8. The first kappa shape index (κ1) is 27.5. The molecule has 2 N–H and O–H groups in total. The summed E-state index contributed by atoms with van der Waals surface area (Å²) < 4.78 is 5.71. The maximum atomic E-state index is 13.5. The normalized spacial score (nSPS) is 20.3. The van der Waals surface area contributed by atoms with Gasteiger partial charge in [0.25, 0.3) is 5.91 Å². The summed E-state index contributed by atoms with van der Waals surface area (Å²) in [6.45, 7) is 8.23. The van der Waals surface area contributed by atoms with Gasteiger partial charge in [-0.05, 0) is 59.6 Å². The highest BCUT2D eigenvalue weighted by molar-refractivity contribution is 6.42. The third-order valence-corrected chi connectivity index (χ3v) is 8.24. The summed E-state index contributed by atoms with van der Waals surface area (Å²) in [6, 6.07) is 12.2. The molecule has 204 valence electrons. The molecule has 5 rings (SSSR count). The molecule has 0 saturated heterocycles. The second-order valence-corrected chi connectivity index (χ2v) is 13.1. The number of allylic oxidation sites excluding steroid dienone is 4. The number of dihydropyridines is 1. The average Bonchev–Trinajstić information content (AvgIpc) is 2.82. The quantitative estimate of drug-likeness (QED) is 0.407. The molecular formula is C31H32Cl2N2O4. The maximum Gasteiger partial charge on any atom is 0.262 e. The van der Waals surface area contributed by atoms with Crippen LogP contribution in [0.2, 0.25) is 10.0 Å². The Balaban J connectivity index is 1.38. The van der Waals surface area contributed by atoms with Gasteiger partial charge in [-0.1, -0.05) is 63.0 Å². The van der Waals surface area contributed by atoms with Crippen LogP contribution >= 0.6 is 23.2 Å². The number of nitrogens with one attached hydrogen (secondary N) is 2. The minimum Gasteiger partial charge on any atom is -0.484 e. The molecule has 0 saturated carbocycles. The number of Topliss-reactive ketones (excluding diaryl/α,β-unsaturated/α-hetero) is 2. The highest BCUT2D eigenvalue weighted by Gasteiger charge is 2.46. The van der Waals surface area contributed by atoms with E-state index in [0.717, 1.165) is 29.8 Å². The van der Waals surface area contributed by atoms with Crippen molar-refractivity contribution in [3.05, 3.63) is 80.6 Å². The van der Waals surface area contributed by atoms with Crippen LogP contribution < -0.4 is 15.4 Å². The van der Waals surface area contributed by atoms with Crippen LogP contribution in [0.15, 0.2) is 65.0 Å². The Hall–Kier alpha value is -3.09. The number of ether oxygens (including phenoxy) is 1. The fourth-order valence-corrected chi connectivity index (χ4v) is 6.20. The molecule has 0 spiro atoms. The lowest BCUT2D eigenvalue weighted by atomic mass is 9.64. The zero-order valence-corrected chi connectivity index (χ0v) is 24.1. The molecule has 39 heavy (non-hydrogen) atoms. The van der Waals surface area contributed by atoms with Gasteiger partial charge >= 0.3 is 0 Å². The highest BCUT2D eigenvalue weighted by atomic mass is 35.5. The van der Waals surface area contributed by atoms with E-state index in [9.17, 15) is 14.4 Å². The van der Waals surface area contributed by atoms with E-state index < -0.39 is 5.92 Å². The van der Waals surface area contributed by atoms with Crippen molar-refractivity contribution in [1.82, 2.24) is 5.32 Å². The second-order valence-electron chi connectivity index (χ2n) is 12.3. The molecule has 1 amide bonds. The van der Waals surface area contributed by atoms with Crippen molar-refractivity contribution in [2.45, 2.75) is 59.3 Å². The predicted molar refractivity (Wildman–Crippen MR) is 153 cm³/mol. The minimum atomic E-state index is -0.407. The molecule has 1 aliphatic heterocycles. The number of hydrogen-bond donors (Lipinski definition) is 2. The zero-order chi connectivity index (χ0) is 28.1. The van der Waals surface area contributed by atoms with Crippen molar-refractivity contribution < 1.29 is 19.1 Å². The van der Waals surface area contributed by atoms with E-state index in [0.29, 0.717) is 45.5 Å². The van der Waals surface area contributed by atoms with E-state index in [1.807, 2.05) is 12.1 Å². The van der Waals surface area contributed by atoms with E-state index in [4.69, 9.17) is 27.9 Å². The van der Waals surface area contributed by atoms with E-state index >= 15 is 0 Å². The van der Waals surface area contributed by atoms with Gasteiger partial charge < -0.3 is 15.4 Å². The van der Waals surface area contributed by atoms with Gasteiger partial charge in [0, 0.05) is 47.0 Å². The number of anilines is 1. The summed E-state index contributed by atoms with van der Waals surface area (Å²) in [7, 11) is 0. The smallest absolute Gasteiger partial charge is 0.262 e. The second kappa shape index (κ2) is 10.1. The lowest BCUT2D eigenvalue weighted by Crippen LogP contribution is -2.42. The Morgan fingerprint density at radius 2 is 1.44 bits per heavy atom. The topological polar surface area (TPSA) is 84.5 Å². The molecule has 2 aromatic carbocycles. The summed E-state index contributed by atoms with van der Waals surface area (Å²) >= 11 is 11.9. The van der Waals surface area contributed by atoms with Crippen LogP contribution in [0, 0.1) is 10.8 Å². The number of carbonyl (C=O) groups excluding carboxylic acids is 3. The molecule has 0 aromatic heterocycles. The van der Waals surface area contributed by atoms with Gasteiger partial charge in [-0.3, -0.25) is 14.4 Å². The number of halogens is 2. The molecule has 1 heterocycles. The molecule has 0 fully saturated rings. The Bertz CT molecular complexity index is 1380. The lowest BCUT2D eigenvalue weighted by Gasteiger charge is -2.44. The summed E-state index contributed by atoms with van der Waals surface area (Å²) in [6.07, 6.45) is 2.40. The Kier molecular flexibility index (Phi) is 7.15. The number of amides is 1.